The topological polar surface area (TPSA) is 62.8 Å². The molecule has 0 spiro atoms. The van der Waals surface area contributed by atoms with Crippen LogP contribution in [0.2, 0.25) is 0 Å². The van der Waals surface area contributed by atoms with Crippen molar-refractivity contribution < 1.29 is 0 Å². The van der Waals surface area contributed by atoms with E-state index in [1.165, 1.54) is 0 Å². The van der Waals surface area contributed by atoms with E-state index in [-0.39, 0.29) is 5.41 Å². The second-order valence-corrected chi connectivity index (χ2v) is 4.06. The molecule has 1 heterocycles. The van der Waals surface area contributed by atoms with Crippen molar-refractivity contribution in [3.8, 4) is 0 Å². The van der Waals surface area contributed by atoms with Gasteiger partial charge in [-0.15, -0.1) is 0 Å². The third-order valence-corrected chi connectivity index (χ3v) is 1.86. The summed E-state index contributed by atoms with van der Waals surface area (Å²) in [6, 6.07) is 3.63. The predicted octanol–water partition coefficient (Wildman–Crippen LogP) is 2.08. The third-order valence-electron chi connectivity index (χ3n) is 1.86. The molecule has 0 bridgehead atoms. The molecule has 0 unspecified atom stereocenters. The van der Waals surface area contributed by atoms with Crippen LogP contribution in [0.3, 0.4) is 0 Å². The standard InChI is InChI=1S/C10H15N3/c1-10(2,3)8(11)7-5-4-6-13-9(7)12/h4-6,11H,1-3H3,(H2,12,13). The van der Waals surface area contributed by atoms with Gasteiger partial charge in [0.25, 0.3) is 0 Å². The Morgan fingerprint density at radius 1 is 1.46 bits per heavy atom. The van der Waals surface area contributed by atoms with E-state index in [1.807, 2.05) is 26.8 Å². The fraction of sp³-hybridized carbons (Fsp3) is 0.400. The molecule has 3 nitrogen and oxygen atoms in total. The second-order valence-electron chi connectivity index (χ2n) is 4.06. The van der Waals surface area contributed by atoms with Crippen LogP contribution in [0.4, 0.5) is 5.82 Å². The maximum Gasteiger partial charge on any atom is 0.132 e. The number of hydrogen-bond acceptors (Lipinski definition) is 3. The van der Waals surface area contributed by atoms with Gasteiger partial charge in [-0.05, 0) is 12.1 Å². The van der Waals surface area contributed by atoms with Gasteiger partial charge in [-0.1, -0.05) is 20.8 Å². The molecule has 0 fully saturated rings. The average molecular weight is 177 g/mol. The zero-order chi connectivity index (χ0) is 10.1. The first kappa shape index (κ1) is 9.71. The van der Waals surface area contributed by atoms with E-state index in [1.54, 1.807) is 12.3 Å². The quantitative estimate of drug-likeness (QED) is 0.645. The number of nitrogens with one attached hydrogen (secondary N) is 1. The molecule has 0 saturated heterocycles. The molecular weight excluding hydrogens is 162 g/mol. The van der Waals surface area contributed by atoms with Gasteiger partial charge >= 0.3 is 0 Å². The van der Waals surface area contributed by atoms with E-state index in [4.69, 9.17) is 11.1 Å². The van der Waals surface area contributed by atoms with Crippen LogP contribution in [0.25, 0.3) is 0 Å². The van der Waals surface area contributed by atoms with Crippen molar-refractivity contribution in [2.45, 2.75) is 20.8 Å². The first-order chi connectivity index (χ1) is 5.93. The van der Waals surface area contributed by atoms with E-state index in [0.29, 0.717) is 11.5 Å². The molecule has 0 amide bonds. The average Bonchev–Trinajstić information content (AvgIpc) is 2.02. The van der Waals surface area contributed by atoms with Gasteiger partial charge in [0.05, 0.1) is 0 Å². The molecule has 0 aliphatic carbocycles. The van der Waals surface area contributed by atoms with E-state index < -0.39 is 0 Å². The predicted molar refractivity (Wildman–Crippen MR) is 54.9 cm³/mol. The number of aromatic nitrogens is 1. The lowest BCUT2D eigenvalue weighted by Crippen LogP contribution is -2.21. The highest BCUT2D eigenvalue weighted by atomic mass is 14.8. The van der Waals surface area contributed by atoms with Gasteiger partial charge in [0.2, 0.25) is 0 Å². The minimum atomic E-state index is -0.183. The van der Waals surface area contributed by atoms with Crippen LogP contribution in [0.1, 0.15) is 26.3 Å². The molecule has 1 rings (SSSR count). The monoisotopic (exact) mass is 177 g/mol. The Hall–Kier alpha value is -1.38. The lowest BCUT2D eigenvalue weighted by molar-refractivity contribution is 0.588. The van der Waals surface area contributed by atoms with Gasteiger partial charge in [0, 0.05) is 22.9 Å². The molecule has 3 heteroatoms. The summed E-state index contributed by atoms with van der Waals surface area (Å²) in [4.78, 5) is 3.95. The first-order valence-electron chi connectivity index (χ1n) is 4.23. The lowest BCUT2D eigenvalue weighted by Gasteiger charge is -2.20. The maximum absolute atomic E-state index is 7.90. The summed E-state index contributed by atoms with van der Waals surface area (Å²) in [5.74, 6) is 0.433. The Balaban J connectivity index is 3.10. The fourth-order valence-electron chi connectivity index (χ4n) is 1.03. The highest BCUT2D eigenvalue weighted by molar-refractivity contribution is 6.05. The summed E-state index contributed by atoms with van der Waals surface area (Å²) in [7, 11) is 0. The fourth-order valence-corrected chi connectivity index (χ4v) is 1.03. The van der Waals surface area contributed by atoms with Gasteiger partial charge in [-0.3, -0.25) is 0 Å². The van der Waals surface area contributed by atoms with Crippen molar-refractivity contribution in [2.24, 2.45) is 5.41 Å². The number of nitrogens with zero attached hydrogens (tertiary/aromatic N) is 1. The normalized spacial score (nSPS) is 11.3. The van der Waals surface area contributed by atoms with Gasteiger partial charge < -0.3 is 11.1 Å². The smallest absolute Gasteiger partial charge is 0.132 e. The number of hydrogen-bond donors (Lipinski definition) is 2. The SMILES string of the molecule is CC(C)(C)C(=N)c1cccnc1N. The maximum atomic E-state index is 7.90. The van der Waals surface area contributed by atoms with Crippen LogP contribution < -0.4 is 5.73 Å². The molecule has 0 saturated carbocycles. The molecule has 3 N–H and O–H groups in total. The van der Waals surface area contributed by atoms with E-state index >= 15 is 0 Å². The van der Waals surface area contributed by atoms with E-state index in [9.17, 15) is 0 Å². The molecule has 0 atom stereocenters. The molecule has 0 aliphatic heterocycles. The van der Waals surface area contributed by atoms with Crippen molar-refractivity contribution in [2.75, 3.05) is 5.73 Å². The van der Waals surface area contributed by atoms with Crippen LogP contribution >= 0.6 is 0 Å². The summed E-state index contributed by atoms with van der Waals surface area (Å²) in [5.41, 5.74) is 6.74. The Kier molecular flexibility index (Phi) is 2.36. The second kappa shape index (κ2) is 3.17. The molecule has 1 aromatic heterocycles. The minimum Gasteiger partial charge on any atom is -0.383 e. The van der Waals surface area contributed by atoms with Crippen molar-refractivity contribution >= 4 is 11.5 Å². The third kappa shape index (κ3) is 2.05. The minimum absolute atomic E-state index is 0.183. The summed E-state index contributed by atoms with van der Waals surface area (Å²) >= 11 is 0. The molecule has 13 heavy (non-hydrogen) atoms. The number of nitrogen functional groups attached to an aromatic ring is 1. The zero-order valence-corrected chi connectivity index (χ0v) is 8.26. The Morgan fingerprint density at radius 3 is 2.54 bits per heavy atom. The van der Waals surface area contributed by atoms with Gasteiger partial charge in [0.15, 0.2) is 0 Å². The van der Waals surface area contributed by atoms with Gasteiger partial charge in [-0.25, -0.2) is 4.98 Å². The molecular formula is C10H15N3. The van der Waals surface area contributed by atoms with Crippen molar-refractivity contribution in [1.82, 2.24) is 4.98 Å². The van der Waals surface area contributed by atoms with Crippen LogP contribution in [0.5, 0.6) is 0 Å². The number of rotatable bonds is 1. The first-order valence-corrected chi connectivity index (χ1v) is 4.23. The van der Waals surface area contributed by atoms with E-state index in [2.05, 4.69) is 4.98 Å². The Labute approximate surface area is 78.5 Å². The van der Waals surface area contributed by atoms with Crippen LogP contribution in [0, 0.1) is 10.8 Å². The number of nitrogens with two attached hydrogens (primary N) is 1. The number of anilines is 1. The van der Waals surface area contributed by atoms with Crippen molar-refractivity contribution in [1.29, 1.82) is 5.41 Å². The summed E-state index contributed by atoms with van der Waals surface area (Å²) in [5, 5.41) is 7.90. The molecule has 70 valence electrons. The van der Waals surface area contributed by atoms with Crippen molar-refractivity contribution in [3.05, 3.63) is 23.9 Å². The summed E-state index contributed by atoms with van der Waals surface area (Å²) in [6.07, 6.45) is 1.63. The molecule has 0 aliphatic rings. The molecule has 1 aromatic rings. The number of pyridine rings is 1. The lowest BCUT2D eigenvalue weighted by atomic mass is 9.86. The van der Waals surface area contributed by atoms with Crippen LogP contribution in [0.15, 0.2) is 18.3 Å². The van der Waals surface area contributed by atoms with Crippen LogP contribution in [-0.4, -0.2) is 10.7 Å². The van der Waals surface area contributed by atoms with E-state index in [0.717, 1.165) is 5.56 Å². The van der Waals surface area contributed by atoms with Crippen molar-refractivity contribution in [3.63, 3.8) is 0 Å². The summed E-state index contributed by atoms with van der Waals surface area (Å²) < 4.78 is 0. The van der Waals surface area contributed by atoms with Gasteiger partial charge in [0.1, 0.15) is 5.82 Å². The van der Waals surface area contributed by atoms with Gasteiger partial charge in [-0.2, -0.15) is 0 Å². The zero-order valence-electron chi connectivity index (χ0n) is 8.26. The molecule has 0 radical (unpaired) electrons. The molecule has 0 aromatic carbocycles. The Bertz CT molecular complexity index is 323. The Morgan fingerprint density at radius 2 is 2.08 bits per heavy atom. The van der Waals surface area contributed by atoms with Crippen LogP contribution in [-0.2, 0) is 0 Å². The highest BCUT2D eigenvalue weighted by Gasteiger charge is 2.20. The highest BCUT2D eigenvalue weighted by Crippen LogP contribution is 2.22. The largest absolute Gasteiger partial charge is 0.383 e. The summed E-state index contributed by atoms with van der Waals surface area (Å²) in [6.45, 7) is 5.96.